The Balaban J connectivity index is 2.29. The smallest absolute Gasteiger partial charge is 0.263 e. The van der Waals surface area contributed by atoms with Crippen LogP contribution in [-0.2, 0) is 0 Å². The minimum atomic E-state index is -0.209. The molecule has 1 atom stereocenters. The normalized spacial score (nSPS) is 12.6. The van der Waals surface area contributed by atoms with Gasteiger partial charge in [-0.25, -0.2) is 4.98 Å². The van der Waals surface area contributed by atoms with Crippen molar-refractivity contribution < 1.29 is 9.90 Å². The number of carbonyl (C=O) groups excluding carboxylic acids is 1. The lowest BCUT2D eigenvalue weighted by atomic mass is 10.2. The Morgan fingerprint density at radius 1 is 1.58 bits per heavy atom. The molecule has 2 aromatic rings. The van der Waals surface area contributed by atoms with Gasteiger partial charge >= 0.3 is 0 Å². The first kappa shape index (κ1) is 13.8. The minimum absolute atomic E-state index is 0.0457. The van der Waals surface area contributed by atoms with Crippen molar-refractivity contribution >= 4 is 33.1 Å². The van der Waals surface area contributed by atoms with E-state index in [2.05, 4.69) is 10.3 Å². The van der Waals surface area contributed by atoms with Crippen LogP contribution in [0.4, 0.5) is 5.69 Å². The van der Waals surface area contributed by atoms with Crippen molar-refractivity contribution in [2.75, 3.05) is 12.3 Å². The van der Waals surface area contributed by atoms with Crippen LogP contribution in [0.15, 0.2) is 12.1 Å². The molecule has 0 radical (unpaired) electrons. The van der Waals surface area contributed by atoms with Crippen LogP contribution in [0.2, 0.25) is 0 Å². The summed E-state index contributed by atoms with van der Waals surface area (Å²) in [5, 5.41) is 12.5. The van der Waals surface area contributed by atoms with Crippen LogP contribution in [0.25, 0.3) is 10.2 Å². The van der Waals surface area contributed by atoms with E-state index in [4.69, 9.17) is 10.8 Å². The highest BCUT2D eigenvalue weighted by molar-refractivity contribution is 7.21. The molecule has 0 bridgehead atoms. The molecule has 2 aromatic heterocycles. The molecule has 2 heterocycles. The van der Waals surface area contributed by atoms with Gasteiger partial charge in [0.1, 0.15) is 9.71 Å². The van der Waals surface area contributed by atoms with Crippen LogP contribution >= 0.6 is 11.3 Å². The summed E-state index contributed by atoms with van der Waals surface area (Å²) < 4.78 is 0. The number of hydrogen-bond donors (Lipinski definition) is 3. The summed E-state index contributed by atoms with van der Waals surface area (Å²) in [6.07, 6.45) is 0.522. The van der Waals surface area contributed by atoms with E-state index in [0.717, 1.165) is 15.9 Å². The monoisotopic (exact) mass is 279 g/mol. The summed E-state index contributed by atoms with van der Waals surface area (Å²) in [6.45, 7) is 3.79. The molecule has 0 fully saturated rings. The van der Waals surface area contributed by atoms with Gasteiger partial charge in [0.15, 0.2) is 0 Å². The number of hydrogen-bond acceptors (Lipinski definition) is 5. The van der Waals surface area contributed by atoms with E-state index in [0.29, 0.717) is 17.0 Å². The molecule has 1 unspecified atom stereocenters. The predicted octanol–water partition coefficient (Wildman–Crippen LogP) is 1.69. The van der Waals surface area contributed by atoms with E-state index >= 15 is 0 Å². The zero-order valence-electron chi connectivity index (χ0n) is 10.9. The van der Waals surface area contributed by atoms with Gasteiger partial charge in [-0.15, -0.1) is 11.3 Å². The van der Waals surface area contributed by atoms with E-state index in [1.165, 1.54) is 11.3 Å². The zero-order valence-corrected chi connectivity index (χ0v) is 11.8. The summed E-state index contributed by atoms with van der Waals surface area (Å²) in [5.41, 5.74) is 7.37. The highest BCUT2D eigenvalue weighted by atomic mass is 32.1. The number of pyridine rings is 1. The Kier molecular flexibility index (Phi) is 4.01. The largest absolute Gasteiger partial charge is 0.397 e. The van der Waals surface area contributed by atoms with Crippen molar-refractivity contribution in [3.8, 4) is 0 Å². The number of aromatic nitrogens is 1. The fourth-order valence-corrected chi connectivity index (χ4v) is 2.86. The maximum atomic E-state index is 12.1. The number of aryl methyl sites for hydroxylation is 1. The molecular weight excluding hydrogens is 262 g/mol. The Hall–Kier alpha value is -1.66. The summed E-state index contributed by atoms with van der Waals surface area (Å²) in [4.78, 5) is 17.7. The van der Waals surface area contributed by atoms with Crippen molar-refractivity contribution in [3.05, 3.63) is 22.7 Å². The predicted molar refractivity (Wildman–Crippen MR) is 77.4 cm³/mol. The fourth-order valence-electron chi connectivity index (χ4n) is 1.81. The van der Waals surface area contributed by atoms with E-state index in [9.17, 15) is 4.79 Å². The van der Waals surface area contributed by atoms with Gasteiger partial charge in [-0.05, 0) is 32.4 Å². The number of nitrogens with two attached hydrogens (primary N) is 1. The first-order valence-corrected chi connectivity index (χ1v) is 6.92. The van der Waals surface area contributed by atoms with Crippen LogP contribution in [0, 0.1) is 6.92 Å². The summed E-state index contributed by atoms with van der Waals surface area (Å²) >= 11 is 1.30. The Morgan fingerprint density at radius 2 is 2.32 bits per heavy atom. The molecule has 0 aromatic carbocycles. The maximum absolute atomic E-state index is 12.1. The van der Waals surface area contributed by atoms with Crippen LogP contribution < -0.4 is 11.1 Å². The number of aliphatic hydroxyl groups excluding tert-OH is 1. The number of nitrogens with zero attached hydrogens (tertiary/aromatic N) is 1. The summed E-state index contributed by atoms with van der Waals surface area (Å²) in [7, 11) is 0. The lowest BCUT2D eigenvalue weighted by molar-refractivity contribution is 0.0939. The van der Waals surface area contributed by atoms with Crippen LogP contribution in [0.5, 0.6) is 0 Å². The highest BCUT2D eigenvalue weighted by Gasteiger charge is 2.18. The number of nitrogen functional groups attached to an aromatic ring is 1. The molecule has 0 saturated carbocycles. The lowest BCUT2D eigenvalue weighted by Crippen LogP contribution is -2.33. The van der Waals surface area contributed by atoms with E-state index in [1.54, 1.807) is 0 Å². The molecule has 0 aliphatic heterocycles. The van der Waals surface area contributed by atoms with Crippen molar-refractivity contribution in [2.24, 2.45) is 0 Å². The molecule has 5 nitrogen and oxygen atoms in total. The molecule has 0 spiro atoms. The number of amides is 1. The second kappa shape index (κ2) is 5.54. The Labute approximate surface area is 115 Å². The molecule has 0 saturated heterocycles. The minimum Gasteiger partial charge on any atom is -0.397 e. The highest BCUT2D eigenvalue weighted by Crippen LogP contribution is 2.32. The Morgan fingerprint density at radius 3 is 3.00 bits per heavy atom. The van der Waals surface area contributed by atoms with Crippen LogP contribution in [-0.4, -0.2) is 28.6 Å². The molecule has 2 rings (SSSR count). The van der Waals surface area contributed by atoms with Gasteiger partial charge in [0.25, 0.3) is 5.91 Å². The number of nitrogens with one attached hydrogen (secondary N) is 1. The second-order valence-corrected chi connectivity index (χ2v) is 5.54. The molecule has 0 aliphatic rings. The van der Waals surface area contributed by atoms with Gasteiger partial charge in [-0.1, -0.05) is 0 Å². The molecule has 4 N–H and O–H groups in total. The lowest BCUT2D eigenvalue weighted by Gasteiger charge is -2.11. The standard InChI is InChI=1S/C13H17N3O2S/c1-7-3-4-9-10(14)11(19-13(9)16-7)12(18)15-8(2)5-6-17/h3-4,8,17H,5-6,14H2,1-2H3,(H,15,18). The van der Waals surface area contributed by atoms with Crippen LogP contribution in [0.3, 0.4) is 0 Å². The number of thiophene rings is 1. The maximum Gasteiger partial charge on any atom is 0.263 e. The van der Waals surface area contributed by atoms with Crippen LogP contribution in [0.1, 0.15) is 28.7 Å². The average molecular weight is 279 g/mol. The molecule has 1 amide bonds. The van der Waals surface area contributed by atoms with Crippen molar-refractivity contribution in [1.29, 1.82) is 0 Å². The van der Waals surface area contributed by atoms with Crippen molar-refractivity contribution in [3.63, 3.8) is 0 Å². The summed E-state index contributed by atoms with van der Waals surface area (Å²) in [5.74, 6) is -0.209. The topological polar surface area (TPSA) is 88.2 Å². The van der Waals surface area contributed by atoms with E-state index < -0.39 is 0 Å². The molecular formula is C13H17N3O2S. The van der Waals surface area contributed by atoms with Gasteiger partial charge in [-0.3, -0.25) is 4.79 Å². The SMILES string of the molecule is Cc1ccc2c(N)c(C(=O)NC(C)CCO)sc2n1. The first-order chi connectivity index (χ1) is 9.02. The van der Waals surface area contributed by atoms with Crippen molar-refractivity contribution in [2.45, 2.75) is 26.3 Å². The van der Waals surface area contributed by atoms with E-state index in [1.807, 2.05) is 26.0 Å². The zero-order chi connectivity index (χ0) is 14.0. The van der Waals surface area contributed by atoms with Gasteiger partial charge in [0.2, 0.25) is 0 Å². The number of aliphatic hydroxyl groups is 1. The third-order valence-electron chi connectivity index (χ3n) is 2.88. The second-order valence-electron chi connectivity index (χ2n) is 4.54. The molecule has 102 valence electrons. The molecule has 0 aliphatic carbocycles. The van der Waals surface area contributed by atoms with Gasteiger partial charge in [0.05, 0.1) is 5.69 Å². The number of fused-ring (bicyclic) bond motifs is 1. The summed E-state index contributed by atoms with van der Waals surface area (Å²) in [6, 6.07) is 3.68. The number of rotatable bonds is 4. The first-order valence-electron chi connectivity index (χ1n) is 6.10. The molecule has 19 heavy (non-hydrogen) atoms. The number of carbonyl (C=O) groups is 1. The quantitative estimate of drug-likeness (QED) is 0.794. The third kappa shape index (κ3) is 2.85. The third-order valence-corrected chi connectivity index (χ3v) is 3.99. The average Bonchev–Trinajstić information content (AvgIpc) is 2.66. The van der Waals surface area contributed by atoms with Gasteiger partial charge in [-0.2, -0.15) is 0 Å². The van der Waals surface area contributed by atoms with Gasteiger partial charge < -0.3 is 16.2 Å². The van der Waals surface area contributed by atoms with Gasteiger partial charge in [0, 0.05) is 23.7 Å². The number of anilines is 1. The van der Waals surface area contributed by atoms with Crippen molar-refractivity contribution in [1.82, 2.24) is 10.3 Å². The Bertz CT molecular complexity index is 609. The van der Waals surface area contributed by atoms with E-state index in [-0.39, 0.29) is 18.6 Å². The fraction of sp³-hybridized carbons (Fsp3) is 0.385. The molecule has 6 heteroatoms.